The maximum atomic E-state index is 11.7. The molecule has 154 valence electrons. The summed E-state index contributed by atoms with van der Waals surface area (Å²) in [5.41, 5.74) is 7.11. The highest BCUT2D eigenvalue weighted by Crippen LogP contribution is 2.33. The van der Waals surface area contributed by atoms with Crippen molar-refractivity contribution in [1.29, 1.82) is 0 Å². The van der Waals surface area contributed by atoms with Gasteiger partial charge < -0.3 is 24.7 Å². The summed E-state index contributed by atoms with van der Waals surface area (Å²) in [6.07, 6.45) is 3.46. The maximum Gasteiger partial charge on any atom is 0.320 e. The molecule has 0 atom stereocenters. The van der Waals surface area contributed by atoms with E-state index >= 15 is 0 Å². The minimum absolute atomic E-state index is 0.0126. The van der Waals surface area contributed by atoms with Gasteiger partial charge in [0.15, 0.2) is 17.0 Å². The van der Waals surface area contributed by atoms with Crippen molar-refractivity contribution >= 4 is 23.0 Å². The molecule has 0 radical (unpaired) electrons. The van der Waals surface area contributed by atoms with Gasteiger partial charge in [-0.05, 0) is 31.6 Å². The fraction of sp³-hybridized carbons (Fsp3) is 0.667. The van der Waals surface area contributed by atoms with Crippen molar-refractivity contribution in [1.82, 2.24) is 19.5 Å². The van der Waals surface area contributed by atoms with E-state index in [1.807, 2.05) is 4.57 Å². The Labute approximate surface area is 163 Å². The summed E-state index contributed by atoms with van der Waals surface area (Å²) in [6.45, 7) is 1.42. The topological polar surface area (TPSA) is 124 Å². The zero-order valence-corrected chi connectivity index (χ0v) is 16.5. The van der Waals surface area contributed by atoms with E-state index in [0.29, 0.717) is 42.9 Å². The number of hydrogen-bond acceptors (Lipinski definition) is 9. The van der Waals surface area contributed by atoms with Gasteiger partial charge in [-0.15, -0.1) is 0 Å². The second-order valence-electron chi connectivity index (χ2n) is 6.85. The molecule has 0 aliphatic heterocycles. The fourth-order valence-electron chi connectivity index (χ4n) is 3.59. The van der Waals surface area contributed by atoms with Crippen LogP contribution in [0.3, 0.4) is 0 Å². The molecular weight excluding hydrogens is 366 g/mol. The highest BCUT2D eigenvalue weighted by Gasteiger charge is 2.28. The van der Waals surface area contributed by atoms with Gasteiger partial charge in [0, 0.05) is 13.7 Å². The molecule has 0 spiro atoms. The Morgan fingerprint density at radius 1 is 1.11 bits per heavy atom. The van der Waals surface area contributed by atoms with Crippen molar-refractivity contribution in [2.45, 2.75) is 32.2 Å². The number of hydrogen-bond donors (Lipinski definition) is 1. The van der Waals surface area contributed by atoms with Crippen LogP contribution < -0.4 is 15.2 Å². The number of fused-ring (bicyclic) bond motifs is 1. The maximum absolute atomic E-state index is 11.7. The van der Waals surface area contributed by atoms with Crippen LogP contribution in [0.5, 0.6) is 12.0 Å². The molecule has 0 amide bonds. The number of nitrogens with two attached hydrogens (primary N) is 1. The van der Waals surface area contributed by atoms with E-state index in [2.05, 4.69) is 15.0 Å². The molecule has 10 nitrogen and oxygen atoms in total. The van der Waals surface area contributed by atoms with E-state index in [1.54, 1.807) is 14.2 Å². The summed E-state index contributed by atoms with van der Waals surface area (Å²) < 4.78 is 22.7. The molecule has 2 aromatic heterocycles. The molecule has 1 aliphatic carbocycles. The third-order valence-corrected chi connectivity index (χ3v) is 5.09. The molecule has 0 aromatic carbocycles. The highest BCUT2D eigenvalue weighted by molar-refractivity contribution is 5.83. The van der Waals surface area contributed by atoms with E-state index in [4.69, 9.17) is 24.7 Å². The van der Waals surface area contributed by atoms with Gasteiger partial charge in [0.2, 0.25) is 0 Å². The molecular formula is C18H27N5O5. The summed E-state index contributed by atoms with van der Waals surface area (Å²) in [7, 11) is 4.59. The number of ether oxygens (including phenoxy) is 4. The van der Waals surface area contributed by atoms with Gasteiger partial charge >= 0.3 is 12.0 Å². The molecule has 1 saturated carbocycles. The summed E-state index contributed by atoms with van der Waals surface area (Å²) in [6, 6.07) is 0.611. The van der Waals surface area contributed by atoms with Gasteiger partial charge in [0.05, 0.1) is 26.7 Å². The summed E-state index contributed by atoms with van der Waals surface area (Å²) >= 11 is 0. The predicted octanol–water partition coefficient (Wildman–Crippen LogP) is 1.42. The Morgan fingerprint density at radius 2 is 1.86 bits per heavy atom. The van der Waals surface area contributed by atoms with Crippen LogP contribution in [-0.4, -0.2) is 60.0 Å². The lowest BCUT2D eigenvalue weighted by Gasteiger charge is -2.27. The van der Waals surface area contributed by atoms with Gasteiger partial charge in [-0.25, -0.2) is 0 Å². The molecule has 1 aliphatic rings. The predicted molar refractivity (Wildman–Crippen MR) is 101 cm³/mol. The number of nitrogen functional groups attached to an aromatic ring is 1. The quantitative estimate of drug-likeness (QED) is 0.524. The Balaban J connectivity index is 1.80. The number of rotatable bonds is 8. The molecule has 0 unspecified atom stereocenters. The van der Waals surface area contributed by atoms with Crippen LogP contribution in [0, 0.1) is 11.8 Å². The van der Waals surface area contributed by atoms with Crippen LogP contribution in [0.4, 0.5) is 5.82 Å². The lowest BCUT2D eigenvalue weighted by Crippen LogP contribution is -2.25. The highest BCUT2D eigenvalue weighted by atomic mass is 16.5. The lowest BCUT2D eigenvalue weighted by atomic mass is 9.82. The minimum atomic E-state index is -0.123. The molecule has 28 heavy (non-hydrogen) atoms. The van der Waals surface area contributed by atoms with Crippen LogP contribution in [0.25, 0.3) is 11.2 Å². The van der Waals surface area contributed by atoms with Crippen molar-refractivity contribution in [3.63, 3.8) is 0 Å². The number of anilines is 1. The number of carbonyl (C=O) groups is 1. The molecule has 0 saturated heterocycles. The first kappa shape index (κ1) is 20.1. The second-order valence-corrected chi connectivity index (χ2v) is 6.85. The smallest absolute Gasteiger partial charge is 0.320 e. The average Bonchev–Trinajstić information content (AvgIpc) is 3.06. The SMILES string of the molecule is COCCOc1nc(N)c2nc(OC)n(CC3CCC(C(=O)OC)CC3)c2n1. The fourth-order valence-corrected chi connectivity index (χ4v) is 3.59. The molecule has 2 heterocycles. The van der Waals surface area contributed by atoms with Gasteiger partial charge in [0.25, 0.3) is 6.01 Å². The number of aromatic nitrogens is 4. The Hall–Kier alpha value is -2.62. The van der Waals surface area contributed by atoms with Crippen molar-refractivity contribution < 1.29 is 23.7 Å². The summed E-state index contributed by atoms with van der Waals surface area (Å²) in [5.74, 6) is 0.481. The normalized spacial score (nSPS) is 19.5. The first-order valence-electron chi connectivity index (χ1n) is 9.34. The van der Waals surface area contributed by atoms with E-state index in [-0.39, 0.29) is 23.7 Å². The lowest BCUT2D eigenvalue weighted by molar-refractivity contribution is -0.146. The first-order chi connectivity index (χ1) is 13.6. The molecule has 10 heteroatoms. The molecule has 2 N–H and O–H groups in total. The molecule has 0 bridgehead atoms. The number of methoxy groups -OCH3 is 3. The first-order valence-corrected chi connectivity index (χ1v) is 9.34. The zero-order valence-electron chi connectivity index (χ0n) is 16.5. The Morgan fingerprint density at radius 3 is 2.50 bits per heavy atom. The van der Waals surface area contributed by atoms with Crippen LogP contribution in [0.1, 0.15) is 25.7 Å². The molecule has 1 fully saturated rings. The van der Waals surface area contributed by atoms with Crippen LogP contribution >= 0.6 is 0 Å². The Bertz CT molecular complexity index is 816. The van der Waals surface area contributed by atoms with Crippen molar-refractivity contribution in [3.8, 4) is 12.0 Å². The Kier molecular flexibility index (Phi) is 6.50. The third-order valence-electron chi connectivity index (χ3n) is 5.09. The standard InChI is InChI=1S/C18H27N5O5/c1-25-8-9-28-17-21-14(19)13-15(22-17)23(18(20-13)27-3)10-11-4-6-12(7-5-11)16(24)26-2/h11-12H,4-10H2,1-3H3,(H2,19,21,22). The van der Waals surface area contributed by atoms with E-state index in [0.717, 1.165) is 25.7 Å². The minimum Gasteiger partial charge on any atom is -0.469 e. The van der Waals surface area contributed by atoms with Crippen molar-refractivity contribution in [2.75, 3.05) is 40.3 Å². The average molecular weight is 393 g/mol. The number of esters is 1. The molecule has 2 aromatic rings. The van der Waals surface area contributed by atoms with Crippen LogP contribution in [0.15, 0.2) is 0 Å². The van der Waals surface area contributed by atoms with Gasteiger partial charge in [0.1, 0.15) is 6.61 Å². The third kappa shape index (κ3) is 4.27. The number of nitrogens with zero attached hydrogens (tertiary/aromatic N) is 4. The van der Waals surface area contributed by atoms with E-state index in [9.17, 15) is 4.79 Å². The van der Waals surface area contributed by atoms with Crippen molar-refractivity contribution in [2.24, 2.45) is 11.8 Å². The van der Waals surface area contributed by atoms with Crippen LogP contribution in [0.2, 0.25) is 0 Å². The summed E-state index contributed by atoms with van der Waals surface area (Å²) in [5, 5.41) is 0. The molecule has 3 rings (SSSR count). The summed E-state index contributed by atoms with van der Waals surface area (Å²) in [4.78, 5) is 24.8. The van der Waals surface area contributed by atoms with Crippen molar-refractivity contribution in [3.05, 3.63) is 0 Å². The van der Waals surface area contributed by atoms with Gasteiger partial charge in [-0.3, -0.25) is 9.36 Å². The zero-order chi connectivity index (χ0) is 20.1. The largest absolute Gasteiger partial charge is 0.469 e. The monoisotopic (exact) mass is 393 g/mol. The van der Waals surface area contributed by atoms with Gasteiger partial charge in [-0.1, -0.05) is 0 Å². The van der Waals surface area contributed by atoms with Gasteiger partial charge in [-0.2, -0.15) is 15.0 Å². The van der Waals surface area contributed by atoms with E-state index < -0.39 is 0 Å². The van der Waals surface area contributed by atoms with Crippen LogP contribution in [-0.2, 0) is 20.8 Å². The number of imidazole rings is 1. The van der Waals surface area contributed by atoms with E-state index in [1.165, 1.54) is 7.11 Å². The second kappa shape index (κ2) is 9.05. The number of carbonyl (C=O) groups excluding carboxylic acids is 1.